The van der Waals surface area contributed by atoms with Gasteiger partial charge in [-0.15, -0.1) is 0 Å². The Hall–Kier alpha value is -1.65. The number of aryl methyl sites for hydroxylation is 2. The van der Waals surface area contributed by atoms with Crippen molar-refractivity contribution in [3.05, 3.63) is 57.8 Å². The van der Waals surface area contributed by atoms with Crippen molar-refractivity contribution in [2.24, 2.45) is 0 Å². The fourth-order valence-corrected chi connectivity index (χ4v) is 3.05. The molecule has 0 bridgehead atoms. The lowest BCUT2D eigenvalue weighted by Gasteiger charge is -2.10. The Morgan fingerprint density at radius 1 is 1.19 bits per heavy atom. The largest absolute Gasteiger partial charge is 0.387 e. The molecular formula is C17H17BrN2O. The summed E-state index contributed by atoms with van der Waals surface area (Å²) in [6, 6.07) is 10.2. The van der Waals surface area contributed by atoms with Crippen LogP contribution in [-0.4, -0.2) is 14.5 Å². The van der Waals surface area contributed by atoms with Gasteiger partial charge in [-0.2, -0.15) is 0 Å². The number of imidazole rings is 1. The van der Waals surface area contributed by atoms with Gasteiger partial charge in [0.25, 0.3) is 0 Å². The minimum absolute atomic E-state index is 0.593. The first-order chi connectivity index (χ1) is 9.97. The van der Waals surface area contributed by atoms with Crippen LogP contribution >= 0.6 is 15.9 Å². The van der Waals surface area contributed by atoms with Crippen molar-refractivity contribution in [2.45, 2.75) is 26.9 Å². The van der Waals surface area contributed by atoms with Gasteiger partial charge in [-0.05, 0) is 54.4 Å². The van der Waals surface area contributed by atoms with E-state index in [-0.39, 0.29) is 0 Å². The van der Waals surface area contributed by atoms with E-state index in [4.69, 9.17) is 4.98 Å². The molecule has 0 aliphatic heterocycles. The molecule has 4 heteroatoms. The van der Waals surface area contributed by atoms with Crippen LogP contribution in [0.3, 0.4) is 0 Å². The fourth-order valence-electron chi connectivity index (χ4n) is 2.71. The lowest BCUT2D eigenvalue weighted by molar-refractivity contribution is 0.194. The second kappa shape index (κ2) is 5.28. The fraction of sp³-hybridized carbons (Fsp3) is 0.235. The number of rotatable bonds is 2. The molecular weight excluding hydrogens is 328 g/mol. The van der Waals surface area contributed by atoms with Gasteiger partial charge in [-0.1, -0.05) is 23.8 Å². The average molecular weight is 345 g/mol. The van der Waals surface area contributed by atoms with E-state index in [1.54, 1.807) is 6.92 Å². The van der Waals surface area contributed by atoms with E-state index in [1.807, 2.05) is 22.7 Å². The molecule has 0 saturated carbocycles. The second-order valence-corrected chi connectivity index (χ2v) is 6.33. The molecule has 2 heterocycles. The normalized spacial score (nSPS) is 12.8. The van der Waals surface area contributed by atoms with Crippen molar-refractivity contribution in [3.63, 3.8) is 0 Å². The minimum Gasteiger partial charge on any atom is -0.387 e. The van der Waals surface area contributed by atoms with Crippen LogP contribution in [0.2, 0.25) is 0 Å². The third kappa shape index (κ3) is 2.49. The summed E-state index contributed by atoms with van der Waals surface area (Å²) in [6.45, 7) is 5.93. The smallest absolute Gasteiger partial charge is 0.137 e. The quantitative estimate of drug-likeness (QED) is 0.746. The Labute approximate surface area is 132 Å². The second-order valence-electron chi connectivity index (χ2n) is 5.42. The molecule has 3 rings (SSSR count). The highest BCUT2D eigenvalue weighted by Gasteiger charge is 2.19. The number of hydrogen-bond acceptors (Lipinski definition) is 2. The highest BCUT2D eigenvalue weighted by atomic mass is 79.9. The van der Waals surface area contributed by atoms with Crippen LogP contribution in [0.15, 0.2) is 41.0 Å². The summed E-state index contributed by atoms with van der Waals surface area (Å²) in [5.41, 5.74) is 5.96. The van der Waals surface area contributed by atoms with Crippen LogP contribution in [0.5, 0.6) is 0 Å². The average Bonchev–Trinajstić information content (AvgIpc) is 2.76. The summed E-state index contributed by atoms with van der Waals surface area (Å²) in [6.07, 6.45) is 1.35. The van der Waals surface area contributed by atoms with E-state index in [2.05, 4.69) is 48.0 Å². The van der Waals surface area contributed by atoms with Gasteiger partial charge in [0.2, 0.25) is 0 Å². The molecule has 1 atom stereocenters. The molecule has 21 heavy (non-hydrogen) atoms. The molecule has 1 N–H and O–H groups in total. The summed E-state index contributed by atoms with van der Waals surface area (Å²) in [4.78, 5) is 4.72. The maximum absolute atomic E-state index is 10.2. The summed E-state index contributed by atoms with van der Waals surface area (Å²) < 4.78 is 2.91. The Morgan fingerprint density at radius 3 is 2.62 bits per heavy atom. The van der Waals surface area contributed by atoms with Gasteiger partial charge in [-0.3, -0.25) is 4.40 Å². The van der Waals surface area contributed by atoms with Gasteiger partial charge in [0, 0.05) is 16.2 Å². The van der Waals surface area contributed by atoms with Crippen LogP contribution in [0.25, 0.3) is 16.9 Å². The first-order valence-corrected chi connectivity index (χ1v) is 7.70. The minimum atomic E-state index is -0.593. The highest BCUT2D eigenvalue weighted by molar-refractivity contribution is 9.10. The number of pyridine rings is 1. The van der Waals surface area contributed by atoms with Crippen molar-refractivity contribution < 1.29 is 5.11 Å². The van der Waals surface area contributed by atoms with Crippen molar-refractivity contribution in [1.82, 2.24) is 9.38 Å². The van der Waals surface area contributed by atoms with E-state index < -0.39 is 6.10 Å². The summed E-state index contributed by atoms with van der Waals surface area (Å²) in [7, 11) is 0. The molecule has 0 spiro atoms. The van der Waals surface area contributed by atoms with E-state index >= 15 is 0 Å². The number of nitrogens with zero attached hydrogens (tertiary/aromatic N) is 2. The van der Waals surface area contributed by atoms with Crippen LogP contribution < -0.4 is 0 Å². The molecule has 3 aromatic rings. The predicted octanol–water partition coefficient (Wildman–Crippen LogP) is 4.43. The van der Waals surface area contributed by atoms with E-state index in [0.29, 0.717) is 0 Å². The van der Waals surface area contributed by atoms with Gasteiger partial charge >= 0.3 is 0 Å². The molecule has 0 radical (unpaired) electrons. The summed E-state index contributed by atoms with van der Waals surface area (Å²) >= 11 is 3.47. The maximum Gasteiger partial charge on any atom is 0.137 e. The lowest BCUT2D eigenvalue weighted by Crippen LogP contribution is -2.00. The summed E-state index contributed by atoms with van der Waals surface area (Å²) in [5.74, 6) is 0. The van der Waals surface area contributed by atoms with Crippen molar-refractivity contribution in [1.29, 1.82) is 0 Å². The van der Waals surface area contributed by atoms with Crippen LogP contribution in [0, 0.1) is 13.8 Å². The van der Waals surface area contributed by atoms with Crippen molar-refractivity contribution in [2.75, 3.05) is 0 Å². The number of aliphatic hydroxyl groups is 1. The van der Waals surface area contributed by atoms with Crippen molar-refractivity contribution >= 4 is 21.6 Å². The topological polar surface area (TPSA) is 37.5 Å². The Balaban J connectivity index is 2.34. The molecule has 0 aliphatic rings. The molecule has 1 aromatic carbocycles. The zero-order valence-electron chi connectivity index (χ0n) is 12.3. The Bertz CT molecular complexity index is 821. The molecule has 2 aromatic heterocycles. The molecule has 0 aliphatic carbocycles. The molecule has 108 valence electrons. The van der Waals surface area contributed by atoms with E-state index in [9.17, 15) is 5.11 Å². The van der Waals surface area contributed by atoms with Crippen molar-refractivity contribution in [3.8, 4) is 11.3 Å². The number of aromatic nitrogens is 2. The van der Waals surface area contributed by atoms with Gasteiger partial charge in [0.1, 0.15) is 5.65 Å². The van der Waals surface area contributed by atoms with E-state index in [0.717, 1.165) is 27.1 Å². The molecule has 0 fully saturated rings. The van der Waals surface area contributed by atoms with Crippen LogP contribution in [0.4, 0.5) is 0 Å². The van der Waals surface area contributed by atoms with Crippen LogP contribution in [-0.2, 0) is 0 Å². The lowest BCUT2D eigenvalue weighted by atomic mass is 10.0. The summed E-state index contributed by atoms with van der Waals surface area (Å²) in [5, 5.41) is 10.2. The number of halogens is 1. The zero-order valence-corrected chi connectivity index (χ0v) is 13.8. The number of hydrogen-bond donors (Lipinski definition) is 1. The number of benzene rings is 1. The molecule has 1 unspecified atom stereocenters. The Kier molecular flexibility index (Phi) is 3.59. The van der Waals surface area contributed by atoms with E-state index in [1.165, 1.54) is 11.1 Å². The predicted molar refractivity (Wildman–Crippen MR) is 88.4 cm³/mol. The SMILES string of the molecule is Cc1ccc(-c2nc3ccc(Br)cn3c2C(C)O)c(C)c1. The number of fused-ring (bicyclic) bond motifs is 1. The first kappa shape index (κ1) is 14.3. The third-order valence-electron chi connectivity index (χ3n) is 3.65. The first-order valence-electron chi connectivity index (χ1n) is 6.90. The van der Waals surface area contributed by atoms with Gasteiger partial charge in [0.15, 0.2) is 0 Å². The van der Waals surface area contributed by atoms with Gasteiger partial charge < -0.3 is 5.11 Å². The standard InChI is InChI=1S/C17H17BrN2O/c1-10-4-6-14(11(2)8-10)16-17(12(3)21)20-9-13(18)5-7-15(20)19-16/h4-9,12,21H,1-3H3. The van der Waals surface area contributed by atoms with Gasteiger partial charge in [0.05, 0.1) is 17.5 Å². The maximum atomic E-state index is 10.2. The van der Waals surface area contributed by atoms with Crippen LogP contribution in [0.1, 0.15) is 29.8 Å². The third-order valence-corrected chi connectivity index (χ3v) is 4.12. The molecule has 0 amide bonds. The molecule has 0 saturated heterocycles. The Morgan fingerprint density at radius 2 is 1.95 bits per heavy atom. The highest BCUT2D eigenvalue weighted by Crippen LogP contribution is 2.32. The van der Waals surface area contributed by atoms with Gasteiger partial charge in [-0.25, -0.2) is 4.98 Å². The monoisotopic (exact) mass is 344 g/mol. The molecule has 3 nitrogen and oxygen atoms in total. The zero-order chi connectivity index (χ0) is 15.1. The number of aliphatic hydroxyl groups excluding tert-OH is 1.